The van der Waals surface area contributed by atoms with Crippen LogP contribution in [0.4, 0.5) is 13.2 Å². The predicted molar refractivity (Wildman–Crippen MR) is 153 cm³/mol. The Balaban J connectivity index is 1.79. The van der Waals surface area contributed by atoms with Gasteiger partial charge in [0.2, 0.25) is 5.76 Å². The third-order valence-electron chi connectivity index (χ3n) is 6.98. The Morgan fingerprint density at radius 3 is 2.12 bits per heavy atom. The number of methoxy groups -OCH3 is 1. The van der Waals surface area contributed by atoms with E-state index in [-0.39, 0.29) is 23.7 Å². The Morgan fingerprint density at radius 2 is 1.52 bits per heavy atom. The third kappa shape index (κ3) is 7.49. The third-order valence-corrected chi connectivity index (χ3v) is 8.65. The lowest BCUT2D eigenvalue weighted by Gasteiger charge is -2.25. The Hall–Kier alpha value is -3.89. The van der Waals surface area contributed by atoms with Crippen LogP contribution in [0.3, 0.4) is 0 Å². The fourth-order valence-electron chi connectivity index (χ4n) is 5.00. The molecule has 0 saturated carbocycles. The van der Waals surface area contributed by atoms with E-state index in [1.165, 1.54) is 12.1 Å². The van der Waals surface area contributed by atoms with Crippen molar-refractivity contribution < 1.29 is 35.5 Å². The predicted octanol–water partition coefficient (Wildman–Crippen LogP) is 7.04. The molecule has 0 saturated heterocycles. The van der Waals surface area contributed by atoms with Crippen LogP contribution < -0.4 is 0 Å². The average molecular weight is 600 g/mol. The second-order valence-corrected chi connectivity index (χ2v) is 12.3. The molecule has 4 rings (SSSR count). The van der Waals surface area contributed by atoms with Gasteiger partial charge in [-0.15, -0.1) is 0 Å². The van der Waals surface area contributed by atoms with E-state index in [2.05, 4.69) is 4.74 Å². The van der Waals surface area contributed by atoms with Crippen molar-refractivity contribution in [2.45, 2.75) is 51.5 Å². The summed E-state index contributed by atoms with van der Waals surface area (Å²) in [6.07, 6.45) is -4.63. The van der Waals surface area contributed by atoms with E-state index in [0.29, 0.717) is 17.7 Å². The smallest absolute Gasteiger partial charge is 0.449 e. The van der Waals surface area contributed by atoms with Crippen LogP contribution in [0, 0.1) is 20.8 Å². The van der Waals surface area contributed by atoms with Crippen molar-refractivity contribution in [2.75, 3.05) is 12.9 Å². The van der Waals surface area contributed by atoms with Gasteiger partial charge in [-0.1, -0.05) is 60.2 Å². The number of sulfone groups is 1. The summed E-state index contributed by atoms with van der Waals surface area (Å²) in [5.41, 5.74) is 5.88. The van der Waals surface area contributed by atoms with Gasteiger partial charge in [-0.3, -0.25) is 9.69 Å². The summed E-state index contributed by atoms with van der Waals surface area (Å²) in [6.45, 7) is 6.26. The van der Waals surface area contributed by atoms with Crippen LogP contribution in [0.25, 0.3) is 11.1 Å². The quantitative estimate of drug-likeness (QED) is 0.182. The molecule has 42 heavy (non-hydrogen) atoms. The van der Waals surface area contributed by atoms with Crippen LogP contribution in [-0.2, 0) is 45.2 Å². The zero-order chi connectivity index (χ0) is 30.7. The van der Waals surface area contributed by atoms with Crippen LogP contribution in [-0.4, -0.2) is 32.1 Å². The van der Waals surface area contributed by atoms with Gasteiger partial charge in [0.25, 0.3) is 0 Å². The molecule has 0 aliphatic carbocycles. The second kappa shape index (κ2) is 12.5. The number of carbonyl (C=O) groups is 1. The number of nitrogens with zero attached hydrogens (tertiary/aromatic N) is 1. The molecular weight excluding hydrogens is 567 g/mol. The van der Waals surface area contributed by atoms with Gasteiger partial charge >= 0.3 is 12.1 Å². The number of aryl methyl sites for hydroxylation is 3. The molecule has 0 N–H and O–H groups in total. The van der Waals surface area contributed by atoms with E-state index >= 15 is 0 Å². The SMILES string of the molecule is COC(=O)CS(=O)(=O)c1cc(-c2ccccc2)ccc1CN(Cc1ccc(C(F)(F)F)o1)Cc1c(C)cc(C)cc1C. The normalized spacial score (nSPS) is 12.1. The van der Waals surface area contributed by atoms with Crippen molar-refractivity contribution >= 4 is 15.8 Å². The van der Waals surface area contributed by atoms with Crippen molar-refractivity contribution in [2.24, 2.45) is 0 Å². The molecule has 0 unspecified atom stereocenters. The van der Waals surface area contributed by atoms with Gasteiger partial charge in [0.05, 0.1) is 18.6 Å². The summed E-state index contributed by atoms with van der Waals surface area (Å²) in [5, 5.41) is 0. The van der Waals surface area contributed by atoms with Crippen molar-refractivity contribution in [3.05, 3.63) is 112 Å². The number of hydrogen-bond donors (Lipinski definition) is 0. The molecule has 3 aromatic carbocycles. The van der Waals surface area contributed by atoms with Crippen LogP contribution >= 0.6 is 0 Å². The summed E-state index contributed by atoms with van der Waals surface area (Å²) in [4.78, 5) is 13.8. The van der Waals surface area contributed by atoms with Crippen LogP contribution in [0.15, 0.2) is 82.1 Å². The molecule has 0 fully saturated rings. The number of ether oxygens (including phenoxy) is 1. The molecule has 0 aliphatic rings. The maximum Gasteiger partial charge on any atom is 0.449 e. The standard InChI is InChI=1S/C32H32F3NO5S/c1-21-14-22(2)28(23(3)15-21)19-36(18-27-12-13-30(41-27)32(33,34)35)17-26-11-10-25(24-8-6-5-7-9-24)16-29(26)42(38,39)20-31(37)40-4/h5-16H,17-20H2,1-4H3. The molecule has 0 aliphatic heterocycles. The zero-order valence-electron chi connectivity index (χ0n) is 23.8. The summed E-state index contributed by atoms with van der Waals surface area (Å²) in [7, 11) is -3.02. The van der Waals surface area contributed by atoms with Crippen LogP contribution in [0.2, 0.25) is 0 Å². The van der Waals surface area contributed by atoms with E-state index in [9.17, 15) is 26.4 Å². The van der Waals surface area contributed by atoms with Gasteiger partial charge in [0.15, 0.2) is 15.6 Å². The number of carbonyl (C=O) groups excluding carboxylic acids is 1. The van der Waals surface area contributed by atoms with Crippen LogP contribution in [0.5, 0.6) is 0 Å². The van der Waals surface area contributed by atoms with Gasteiger partial charge in [-0.05, 0) is 72.4 Å². The van der Waals surface area contributed by atoms with Gasteiger partial charge in [0.1, 0.15) is 5.76 Å². The van der Waals surface area contributed by atoms with Crippen LogP contribution in [0.1, 0.15) is 39.3 Å². The highest BCUT2D eigenvalue weighted by atomic mass is 32.2. The first-order chi connectivity index (χ1) is 19.8. The molecule has 0 radical (unpaired) electrons. The maximum atomic E-state index is 13.5. The van der Waals surface area contributed by atoms with Crippen molar-refractivity contribution in [1.82, 2.24) is 4.90 Å². The summed E-state index contributed by atoms with van der Waals surface area (Å²) in [6, 6.07) is 20.4. The molecule has 1 aromatic heterocycles. The highest BCUT2D eigenvalue weighted by Crippen LogP contribution is 2.32. The van der Waals surface area contributed by atoms with E-state index < -0.39 is 33.5 Å². The number of hydrogen-bond acceptors (Lipinski definition) is 6. The van der Waals surface area contributed by atoms with Crippen molar-refractivity contribution in [3.63, 3.8) is 0 Å². The van der Waals surface area contributed by atoms with E-state index in [1.54, 1.807) is 12.1 Å². The molecule has 10 heteroatoms. The topological polar surface area (TPSA) is 76.8 Å². The Kier molecular flexibility index (Phi) is 9.27. The van der Waals surface area contributed by atoms with Gasteiger partial charge in [0, 0.05) is 13.1 Å². The summed E-state index contributed by atoms with van der Waals surface area (Å²) in [5.74, 6) is -2.76. The summed E-state index contributed by atoms with van der Waals surface area (Å²) >= 11 is 0. The lowest BCUT2D eigenvalue weighted by atomic mass is 9.99. The molecule has 0 bridgehead atoms. The molecule has 0 amide bonds. The molecule has 4 aromatic rings. The minimum atomic E-state index is -4.63. The fourth-order valence-corrected chi connectivity index (χ4v) is 6.43. The number of halogens is 3. The average Bonchev–Trinajstić information content (AvgIpc) is 3.40. The van der Waals surface area contributed by atoms with Crippen molar-refractivity contribution in [3.8, 4) is 11.1 Å². The maximum absolute atomic E-state index is 13.5. The number of rotatable bonds is 10. The number of benzene rings is 3. The first-order valence-corrected chi connectivity index (χ1v) is 14.8. The molecule has 222 valence electrons. The molecular formula is C32H32F3NO5S. The van der Waals surface area contributed by atoms with Crippen molar-refractivity contribution in [1.29, 1.82) is 0 Å². The second-order valence-electron chi connectivity index (χ2n) is 10.3. The van der Waals surface area contributed by atoms with E-state index in [0.717, 1.165) is 41.0 Å². The summed E-state index contributed by atoms with van der Waals surface area (Å²) < 4.78 is 76.5. The van der Waals surface area contributed by atoms with E-state index in [4.69, 9.17) is 4.42 Å². The minimum absolute atomic E-state index is 0.0141. The minimum Gasteiger partial charge on any atom is -0.468 e. The largest absolute Gasteiger partial charge is 0.468 e. The van der Waals surface area contributed by atoms with Gasteiger partial charge in [-0.2, -0.15) is 13.2 Å². The monoisotopic (exact) mass is 599 g/mol. The lowest BCUT2D eigenvalue weighted by Crippen LogP contribution is -2.25. The molecule has 0 atom stereocenters. The van der Waals surface area contributed by atoms with Gasteiger partial charge < -0.3 is 9.15 Å². The number of alkyl halides is 3. The lowest BCUT2D eigenvalue weighted by molar-refractivity contribution is -0.153. The molecule has 1 heterocycles. The Bertz CT molecular complexity index is 1650. The van der Waals surface area contributed by atoms with Gasteiger partial charge in [-0.25, -0.2) is 8.42 Å². The fraction of sp³-hybridized carbons (Fsp3) is 0.281. The highest BCUT2D eigenvalue weighted by Gasteiger charge is 2.35. The molecule has 0 spiro atoms. The first-order valence-electron chi connectivity index (χ1n) is 13.2. The molecule has 6 nitrogen and oxygen atoms in total. The number of furan rings is 1. The zero-order valence-corrected chi connectivity index (χ0v) is 24.6. The van der Waals surface area contributed by atoms with E-state index in [1.807, 2.05) is 68.1 Å². The Morgan fingerprint density at radius 1 is 0.857 bits per heavy atom. The number of esters is 1. The highest BCUT2D eigenvalue weighted by molar-refractivity contribution is 7.92. The Labute approximate surface area is 243 Å². The first kappa shape index (κ1) is 31.1.